The number of nitrogens with zero attached hydrogens (tertiary/aromatic N) is 2. The van der Waals surface area contributed by atoms with Gasteiger partial charge in [0, 0.05) is 37.0 Å². The fourth-order valence-corrected chi connectivity index (χ4v) is 4.89. The number of hydrogen-bond acceptors (Lipinski definition) is 4. The van der Waals surface area contributed by atoms with E-state index in [4.69, 9.17) is 10.5 Å². The first-order chi connectivity index (χ1) is 10.7. The number of aromatic nitrogens is 1. The molecule has 0 unspecified atom stereocenters. The van der Waals surface area contributed by atoms with Crippen LogP contribution in [0.2, 0.25) is 0 Å². The third-order valence-electron chi connectivity index (χ3n) is 5.94. The molecule has 5 nitrogen and oxygen atoms in total. The van der Waals surface area contributed by atoms with Gasteiger partial charge in [-0.25, -0.2) is 0 Å². The average molecular weight is 317 g/mol. The van der Waals surface area contributed by atoms with Crippen molar-refractivity contribution in [2.75, 3.05) is 20.2 Å². The number of nitrogens with two attached hydrogens (primary N) is 1. The number of carbonyl (C=O) groups excluding carboxylic acids is 1. The van der Waals surface area contributed by atoms with Crippen LogP contribution >= 0.6 is 0 Å². The van der Waals surface area contributed by atoms with Crippen LogP contribution in [0, 0.1) is 30.6 Å². The molecular weight excluding hydrogens is 290 g/mol. The molecule has 0 bridgehead atoms. The van der Waals surface area contributed by atoms with Gasteiger partial charge in [-0.05, 0) is 31.6 Å². The van der Waals surface area contributed by atoms with Crippen molar-refractivity contribution >= 4 is 5.91 Å². The molecule has 2 aliphatic rings. The van der Waals surface area contributed by atoms with Crippen LogP contribution in [-0.4, -0.2) is 36.0 Å². The summed E-state index contributed by atoms with van der Waals surface area (Å²) in [6, 6.07) is 0. The zero-order valence-corrected chi connectivity index (χ0v) is 14.8. The van der Waals surface area contributed by atoms with Crippen LogP contribution in [0.1, 0.15) is 37.1 Å². The third kappa shape index (κ3) is 2.33. The van der Waals surface area contributed by atoms with E-state index in [1.165, 1.54) is 0 Å². The van der Waals surface area contributed by atoms with Gasteiger partial charge in [0.15, 0.2) is 0 Å². The highest BCUT2D eigenvalue weighted by Crippen LogP contribution is 2.62. The molecule has 23 heavy (non-hydrogen) atoms. The smallest absolute Gasteiger partial charge is 0.225 e. The second-order valence-electron chi connectivity index (χ2n) is 7.95. The van der Waals surface area contributed by atoms with Crippen LogP contribution in [0.4, 0.5) is 0 Å². The van der Waals surface area contributed by atoms with Gasteiger partial charge in [0.25, 0.3) is 0 Å². The van der Waals surface area contributed by atoms with Crippen LogP contribution in [0.3, 0.4) is 0 Å². The van der Waals surface area contributed by atoms with Gasteiger partial charge < -0.3 is 10.5 Å². The first-order valence-electron chi connectivity index (χ1n) is 8.22. The lowest BCUT2D eigenvalue weighted by Crippen LogP contribution is -2.59. The van der Waals surface area contributed by atoms with E-state index in [1.807, 2.05) is 20.0 Å². The Balaban J connectivity index is 1.82. The zero-order valence-electron chi connectivity index (χ0n) is 14.8. The Kier molecular flexibility index (Phi) is 3.67. The number of pyridine rings is 1. The number of ether oxygens (including phenoxy) is 1. The van der Waals surface area contributed by atoms with Crippen LogP contribution in [0.15, 0.2) is 6.20 Å². The molecule has 1 aliphatic heterocycles. The molecule has 1 aromatic heterocycles. The van der Waals surface area contributed by atoms with E-state index < -0.39 is 0 Å². The Labute approximate surface area is 138 Å². The largest absolute Gasteiger partial charge is 0.496 e. The van der Waals surface area contributed by atoms with Crippen molar-refractivity contribution in [1.29, 1.82) is 0 Å². The normalized spacial score (nSPS) is 29.0. The maximum Gasteiger partial charge on any atom is 0.225 e. The third-order valence-corrected chi connectivity index (χ3v) is 5.94. The number of methoxy groups -OCH3 is 1. The number of hydrogen-bond donors (Lipinski definition) is 1. The highest BCUT2D eigenvalue weighted by Gasteiger charge is 2.65. The van der Waals surface area contributed by atoms with Crippen molar-refractivity contribution in [2.24, 2.45) is 22.5 Å². The van der Waals surface area contributed by atoms with E-state index in [0.29, 0.717) is 5.92 Å². The van der Waals surface area contributed by atoms with Gasteiger partial charge in [0.1, 0.15) is 5.75 Å². The van der Waals surface area contributed by atoms with Crippen molar-refractivity contribution in [3.05, 3.63) is 23.0 Å². The van der Waals surface area contributed by atoms with Crippen LogP contribution in [-0.2, 0) is 11.3 Å². The predicted octanol–water partition coefficient (Wildman–Crippen LogP) is 2.04. The number of likely N-dealkylation sites (tertiary alicyclic amines) is 1. The molecule has 2 N–H and O–H groups in total. The van der Waals surface area contributed by atoms with E-state index >= 15 is 0 Å². The van der Waals surface area contributed by atoms with Gasteiger partial charge in [-0.2, -0.15) is 0 Å². The molecule has 3 rings (SSSR count). The van der Waals surface area contributed by atoms with Gasteiger partial charge in [0.2, 0.25) is 5.91 Å². The second kappa shape index (κ2) is 5.20. The molecule has 1 aliphatic carbocycles. The molecule has 1 amide bonds. The summed E-state index contributed by atoms with van der Waals surface area (Å²) in [6.45, 7) is 10.9. The molecule has 1 saturated heterocycles. The van der Waals surface area contributed by atoms with Crippen molar-refractivity contribution in [1.82, 2.24) is 9.88 Å². The summed E-state index contributed by atoms with van der Waals surface area (Å²) in [7, 11) is 1.69. The summed E-state index contributed by atoms with van der Waals surface area (Å²) in [6.07, 6.45) is 2.75. The number of carbonyl (C=O) groups is 1. The SMILES string of the molecule is COc1c(C)cnc(CN2C[C@@H]3C(C)(C)C[C@]3(C(N)=O)C2)c1C. The first-order valence-corrected chi connectivity index (χ1v) is 8.22. The second-order valence-corrected chi connectivity index (χ2v) is 7.95. The Morgan fingerprint density at radius 2 is 2.17 bits per heavy atom. The maximum absolute atomic E-state index is 12.0. The predicted molar refractivity (Wildman–Crippen MR) is 89.1 cm³/mol. The minimum absolute atomic E-state index is 0.143. The number of rotatable bonds is 4. The lowest BCUT2D eigenvalue weighted by molar-refractivity contribution is -0.148. The zero-order chi connectivity index (χ0) is 17.0. The van der Waals surface area contributed by atoms with E-state index in [2.05, 4.69) is 23.7 Å². The van der Waals surface area contributed by atoms with Crippen molar-refractivity contribution in [3.63, 3.8) is 0 Å². The van der Waals surface area contributed by atoms with E-state index in [0.717, 1.165) is 48.6 Å². The molecule has 5 heteroatoms. The summed E-state index contributed by atoms with van der Waals surface area (Å²) >= 11 is 0. The molecule has 2 atom stereocenters. The van der Waals surface area contributed by atoms with E-state index in [1.54, 1.807) is 7.11 Å². The van der Waals surface area contributed by atoms with Gasteiger partial charge in [-0.1, -0.05) is 13.8 Å². The standard InChI is InChI=1S/C18H27N3O2/c1-11-6-20-13(12(2)15(11)23-5)7-21-8-14-17(3,4)9-18(14,10-21)16(19)22/h6,14H,7-10H2,1-5H3,(H2,19,22)/t14-,18+/m1/s1. The average Bonchev–Trinajstić information content (AvgIpc) is 2.78. The molecule has 1 aromatic rings. The molecule has 2 heterocycles. The highest BCUT2D eigenvalue weighted by molar-refractivity contribution is 5.83. The Bertz CT molecular complexity index is 656. The maximum atomic E-state index is 12.0. The molecule has 0 radical (unpaired) electrons. The van der Waals surface area contributed by atoms with E-state index in [-0.39, 0.29) is 16.7 Å². The van der Waals surface area contributed by atoms with Gasteiger partial charge in [-0.3, -0.25) is 14.7 Å². The minimum atomic E-state index is -0.341. The van der Waals surface area contributed by atoms with Crippen molar-refractivity contribution in [2.45, 2.75) is 40.7 Å². The Morgan fingerprint density at radius 3 is 2.70 bits per heavy atom. The number of aryl methyl sites for hydroxylation is 1. The van der Waals surface area contributed by atoms with Gasteiger partial charge in [0.05, 0.1) is 18.2 Å². The molecule has 0 aromatic carbocycles. The van der Waals surface area contributed by atoms with Gasteiger partial charge in [-0.15, -0.1) is 0 Å². The fourth-order valence-electron chi connectivity index (χ4n) is 4.89. The molecule has 0 spiro atoms. The van der Waals surface area contributed by atoms with Crippen LogP contribution < -0.4 is 10.5 Å². The summed E-state index contributed by atoms with van der Waals surface area (Å²) in [4.78, 5) is 19.0. The monoisotopic (exact) mass is 317 g/mol. The summed E-state index contributed by atoms with van der Waals surface area (Å²) in [5.41, 5.74) is 8.74. The summed E-state index contributed by atoms with van der Waals surface area (Å²) in [5.74, 6) is 1.11. The van der Waals surface area contributed by atoms with Crippen LogP contribution in [0.5, 0.6) is 5.75 Å². The molecular formula is C18H27N3O2. The topological polar surface area (TPSA) is 68.4 Å². The molecule has 2 fully saturated rings. The lowest BCUT2D eigenvalue weighted by atomic mass is 9.48. The highest BCUT2D eigenvalue weighted by atomic mass is 16.5. The van der Waals surface area contributed by atoms with E-state index in [9.17, 15) is 4.79 Å². The Hall–Kier alpha value is -1.62. The summed E-state index contributed by atoms with van der Waals surface area (Å²) < 4.78 is 5.49. The number of amides is 1. The molecule has 126 valence electrons. The van der Waals surface area contributed by atoms with Crippen molar-refractivity contribution in [3.8, 4) is 5.75 Å². The number of primary amides is 1. The quantitative estimate of drug-likeness (QED) is 0.923. The molecule has 1 saturated carbocycles. The first kappa shape index (κ1) is 16.2. The van der Waals surface area contributed by atoms with Gasteiger partial charge >= 0.3 is 0 Å². The number of fused-ring (bicyclic) bond motifs is 1. The lowest BCUT2D eigenvalue weighted by Gasteiger charge is -2.54. The van der Waals surface area contributed by atoms with Crippen LogP contribution in [0.25, 0.3) is 0 Å². The minimum Gasteiger partial charge on any atom is -0.496 e. The summed E-state index contributed by atoms with van der Waals surface area (Å²) in [5, 5.41) is 0. The van der Waals surface area contributed by atoms with Crippen molar-refractivity contribution < 1.29 is 9.53 Å². The fraction of sp³-hybridized carbons (Fsp3) is 0.667. The Morgan fingerprint density at radius 1 is 1.48 bits per heavy atom.